The molecule has 11 aromatic rings. The Balaban J connectivity index is 0.950. The van der Waals surface area contributed by atoms with Crippen molar-refractivity contribution < 1.29 is 4.42 Å². The molecule has 12 rings (SSSR count). The Bertz CT molecular complexity index is 3440. The van der Waals surface area contributed by atoms with Gasteiger partial charge in [-0.2, -0.15) is 0 Å². The van der Waals surface area contributed by atoms with E-state index in [1.807, 2.05) is 102 Å². The van der Waals surface area contributed by atoms with E-state index in [4.69, 9.17) is 24.4 Å². The molecule has 0 unspecified atom stereocenters. The van der Waals surface area contributed by atoms with Crippen molar-refractivity contribution in [2.24, 2.45) is 0 Å². The molecule has 0 N–H and O–H groups in total. The molecule has 0 atom stereocenters. The third-order valence-corrected chi connectivity index (χ3v) is 13.4. The van der Waals surface area contributed by atoms with Crippen LogP contribution in [-0.2, 0) is 5.41 Å². The molecule has 0 bridgehead atoms. The second-order valence-electron chi connectivity index (χ2n) is 16.2. The first-order valence-corrected chi connectivity index (χ1v) is 21.4. The first kappa shape index (κ1) is 35.4. The Morgan fingerprint density at radius 2 is 0.918 bits per heavy atom. The third-order valence-electron chi connectivity index (χ3n) is 12.2. The maximum atomic E-state index is 6.34. The summed E-state index contributed by atoms with van der Waals surface area (Å²) in [6, 6.07) is 63.7. The lowest BCUT2D eigenvalue weighted by molar-refractivity contribution is 0.619. The Kier molecular flexibility index (Phi) is 7.99. The second kappa shape index (κ2) is 13.8. The van der Waals surface area contributed by atoms with E-state index < -0.39 is 0 Å². The summed E-state index contributed by atoms with van der Waals surface area (Å²) in [5.74, 6) is 2.59. The fourth-order valence-corrected chi connectivity index (χ4v) is 10.6. The van der Waals surface area contributed by atoms with Crippen LogP contribution in [0.1, 0.15) is 25.0 Å². The summed E-state index contributed by atoms with van der Waals surface area (Å²) in [4.78, 5) is 20.1. The highest BCUT2D eigenvalue weighted by Crippen LogP contribution is 2.53. The Morgan fingerprint density at radius 1 is 0.410 bits per heavy atom. The van der Waals surface area contributed by atoms with Gasteiger partial charge >= 0.3 is 0 Å². The van der Waals surface area contributed by atoms with Crippen LogP contribution in [0, 0.1) is 0 Å². The lowest BCUT2D eigenvalue weighted by atomic mass is 9.81. The minimum Gasteiger partial charge on any atom is -0.436 e. The first-order valence-electron chi connectivity index (χ1n) is 20.5. The van der Waals surface area contributed by atoms with Crippen molar-refractivity contribution in [2.45, 2.75) is 19.3 Å². The molecule has 3 heterocycles. The zero-order valence-electron chi connectivity index (χ0n) is 33.4. The second-order valence-corrected chi connectivity index (χ2v) is 17.2. The van der Waals surface area contributed by atoms with Crippen LogP contribution in [-0.4, -0.2) is 19.9 Å². The number of nitrogens with zero attached hydrogens (tertiary/aromatic N) is 4. The fraction of sp³-hybridized carbons (Fsp3) is 0.0545. The Morgan fingerprint density at radius 3 is 1.54 bits per heavy atom. The molecular weight excluding hydrogens is 765 g/mol. The molecule has 288 valence electrons. The summed E-state index contributed by atoms with van der Waals surface area (Å²) < 4.78 is 8.87. The molecule has 1 aliphatic carbocycles. The molecule has 8 aromatic carbocycles. The normalized spacial score (nSPS) is 12.9. The number of benzene rings is 8. The van der Waals surface area contributed by atoms with E-state index in [9.17, 15) is 0 Å². The van der Waals surface area contributed by atoms with E-state index in [2.05, 4.69) is 105 Å². The number of hydrogen-bond donors (Lipinski definition) is 0. The molecular formula is C55H36N4OS. The molecule has 0 spiro atoms. The van der Waals surface area contributed by atoms with Crippen molar-refractivity contribution in [1.82, 2.24) is 19.9 Å². The lowest BCUT2D eigenvalue weighted by Crippen LogP contribution is -2.15. The van der Waals surface area contributed by atoms with Gasteiger partial charge in [0.1, 0.15) is 5.52 Å². The van der Waals surface area contributed by atoms with Crippen LogP contribution in [0.3, 0.4) is 0 Å². The summed E-state index contributed by atoms with van der Waals surface area (Å²) >= 11 is 1.87. The standard InChI is InChI=1S/C55H36N4OS/c1-55(2)45-32-37(27-28-41(45)42-29-30-46-48(47(42)55)56-54(60-46)35-19-10-5-11-20-35)40-24-14-26-44-43-25-13-23-39(49(43)61-50(40)44)36-21-12-22-38(31-36)53-58-51(33-15-6-3-7-16-33)57-52(59-53)34-17-8-4-9-18-34/h3-32H,1-2H3. The van der Waals surface area contributed by atoms with Gasteiger partial charge in [0.2, 0.25) is 5.89 Å². The van der Waals surface area contributed by atoms with E-state index in [-0.39, 0.29) is 5.41 Å². The quantitative estimate of drug-likeness (QED) is 0.168. The van der Waals surface area contributed by atoms with Crippen LogP contribution in [0.2, 0.25) is 0 Å². The van der Waals surface area contributed by atoms with Gasteiger partial charge in [-0.25, -0.2) is 19.9 Å². The number of rotatable bonds is 6. The molecule has 0 amide bonds. The average Bonchev–Trinajstić information content (AvgIpc) is 4.00. The molecule has 61 heavy (non-hydrogen) atoms. The summed E-state index contributed by atoms with van der Waals surface area (Å²) in [5, 5.41) is 2.51. The Labute approximate surface area is 356 Å². The van der Waals surface area contributed by atoms with Gasteiger partial charge in [-0.1, -0.05) is 166 Å². The minimum absolute atomic E-state index is 0.278. The smallest absolute Gasteiger partial charge is 0.227 e. The van der Waals surface area contributed by atoms with Gasteiger partial charge in [0.25, 0.3) is 0 Å². The topological polar surface area (TPSA) is 64.7 Å². The van der Waals surface area contributed by atoms with Gasteiger partial charge in [-0.3, -0.25) is 0 Å². The van der Waals surface area contributed by atoms with Gasteiger partial charge in [0.15, 0.2) is 23.1 Å². The number of thiophene rings is 1. The van der Waals surface area contributed by atoms with E-state index in [1.54, 1.807) is 0 Å². The van der Waals surface area contributed by atoms with Crippen LogP contribution in [0.4, 0.5) is 0 Å². The van der Waals surface area contributed by atoms with Crippen molar-refractivity contribution in [3.63, 3.8) is 0 Å². The summed E-state index contributed by atoms with van der Waals surface area (Å²) in [7, 11) is 0. The van der Waals surface area contributed by atoms with Crippen LogP contribution < -0.4 is 0 Å². The SMILES string of the molecule is CC1(C)c2cc(-c3cccc4c3sc3c(-c5cccc(-c6nc(-c7ccccc7)nc(-c7ccccc7)n6)c5)cccc34)ccc2-c2ccc3oc(-c4ccccc4)nc3c21. The summed E-state index contributed by atoms with van der Waals surface area (Å²) in [6.07, 6.45) is 0. The molecule has 0 aliphatic heterocycles. The number of aromatic nitrogens is 4. The van der Waals surface area contributed by atoms with E-state index in [0.29, 0.717) is 23.4 Å². The third kappa shape index (κ3) is 5.75. The highest BCUT2D eigenvalue weighted by molar-refractivity contribution is 7.26. The number of hydrogen-bond acceptors (Lipinski definition) is 6. The highest BCUT2D eigenvalue weighted by atomic mass is 32.1. The average molecular weight is 801 g/mol. The summed E-state index contributed by atoms with van der Waals surface area (Å²) in [6.45, 7) is 4.64. The fourth-order valence-electron chi connectivity index (χ4n) is 9.19. The van der Waals surface area contributed by atoms with Crippen LogP contribution >= 0.6 is 11.3 Å². The molecule has 0 radical (unpaired) electrons. The van der Waals surface area contributed by atoms with Crippen LogP contribution in [0.25, 0.3) is 110 Å². The van der Waals surface area contributed by atoms with E-state index in [1.165, 1.54) is 59.1 Å². The van der Waals surface area contributed by atoms with Crippen LogP contribution in [0.5, 0.6) is 0 Å². The van der Waals surface area contributed by atoms with Crippen molar-refractivity contribution in [3.8, 4) is 79.0 Å². The van der Waals surface area contributed by atoms with E-state index in [0.717, 1.165) is 38.9 Å². The highest BCUT2D eigenvalue weighted by Gasteiger charge is 2.38. The molecule has 0 saturated heterocycles. The Hall–Kier alpha value is -7.54. The molecule has 6 heteroatoms. The van der Waals surface area contributed by atoms with Crippen molar-refractivity contribution in [3.05, 3.63) is 193 Å². The van der Waals surface area contributed by atoms with Crippen LogP contribution in [0.15, 0.2) is 186 Å². The van der Waals surface area contributed by atoms with Crippen molar-refractivity contribution in [2.75, 3.05) is 0 Å². The van der Waals surface area contributed by atoms with Crippen molar-refractivity contribution >= 4 is 42.6 Å². The van der Waals surface area contributed by atoms with Gasteiger partial charge < -0.3 is 4.42 Å². The maximum Gasteiger partial charge on any atom is 0.227 e. The molecule has 3 aromatic heterocycles. The first-order chi connectivity index (χ1) is 30.0. The predicted molar refractivity (Wildman–Crippen MR) is 250 cm³/mol. The largest absolute Gasteiger partial charge is 0.436 e. The van der Waals surface area contributed by atoms with Gasteiger partial charge in [0, 0.05) is 47.8 Å². The van der Waals surface area contributed by atoms with Gasteiger partial charge in [0.05, 0.1) is 0 Å². The molecule has 0 fully saturated rings. The lowest BCUT2D eigenvalue weighted by Gasteiger charge is -2.22. The molecule has 5 nitrogen and oxygen atoms in total. The monoisotopic (exact) mass is 800 g/mol. The number of fused-ring (bicyclic) bond motifs is 8. The predicted octanol–water partition coefficient (Wildman–Crippen LogP) is 14.7. The van der Waals surface area contributed by atoms with E-state index >= 15 is 0 Å². The summed E-state index contributed by atoms with van der Waals surface area (Å²) in [5.41, 5.74) is 15.0. The minimum atomic E-state index is -0.278. The van der Waals surface area contributed by atoms with Gasteiger partial charge in [-0.15, -0.1) is 11.3 Å². The van der Waals surface area contributed by atoms with Crippen molar-refractivity contribution in [1.29, 1.82) is 0 Å². The zero-order chi connectivity index (χ0) is 40.7. The molecule has 0 saturated carbocycles. The molecule has 1 aliphatic rings. The number of oxazole rings is 1. The maximum absolute atomic E-state index is 6.34. The zero-order valence-corrected chi connectivity index (χ0v) is 34.2. The van der Waals surface area contributed by atoms with Gasteiger partial charge in [-0.05, 0) is 74.8 Å².